The fourth-order valence-electron chi connectivity index (χ4n) is 2.09. The lowest BCUT2D eigenvalue weighted by atomic mass is 9.91. The number of ether oxygens (including phenoxy) is 1. The minimum atomic E-state index is -0.557. The fourth-order valence-corrected chi connectivity index (χ4v) is 2.36. The van der Waals surface area contributed by atoms with E-state index in [9.17, 15) is 0 Å². The Hall–Kier alpha value is -1.24. The number of aromatic nitrogens is 2. The number of halogens is 1. The molecule has 0 bridgehead atoms. The third-order valence-electron chi connectivity index (χ3n) is 3.34. The van der Waals surface area contributed by atoms with E-state index in [2.05, 4.69) is 26.1 Å². The molecule has 0 aliphatic carbocycles. The molecular formula is C13H14BrN3O2. The highest BCUT2D eigenvalue weighted by Crippen LogP contribution is 2.29. The number of nitrogens with two attached hydrogens (primary N) is 1. The third kappa shape index (κ3) is 2.56. The molecule has 1 fully saturated rings. The molecule has 0 unspecified atom stereocenters. The van der Waals surface area contributed by atoms with Gasteiger partial charge in [0, 0.05) is 23.2 Å². The molecule has 0 amide bonds. The van der Waals surface area contributed by atoms with E-state index in [0.29, 0.717) is 37.8 Å². The molecule has 0 radical (unpaired) electrons. The van der Waals surface area contributed by atoms with Gasteiger partial charge in [-0.15, -0.1) is 0 Å². The summed E-state index contributed by atoms with van der Waals surface area (Å²) in [7, 11) is 0. The van der Waals surface area contributed by atoms with Crippen LogP contribution in [0.1, 0.15) is 18.7 Å². The first kappa shape index (κ1) is 12.8. The molecule has 2 N–H and O–H groups in total. The quantitative estimate of drug-likeness (QED) is 0.918. The Morgan fingerprint density at radius 3 is 2.53 bits per heavy atom. The van der Waals surface area contributed by atoms with Gasteiger partial charge in [-0.2, -0.15) is 4.98 Å². The third-order valence-corrected chi connectivity index (χ3v) is 3.87. The molecule has 19 heavy (non-hydrogen) atoms. The highest BCUT2D eigenvalue weighted by molar-refractivity contribution is 9.10. The van der Waals surface area contributed by atoms with Crippen molar-refractivity contribution >= 4 is 15.9 Å². The van der Waals surface area contributed by atoms with Crippen molar-refractivity contribution in [3.05, 3.63) is 34.6 Å². The van der Waals surface area contributed by atoms with Crippen LogP contribution >= 0.6 is 15.9 Å². The van der Waals surface area contributed by atoms with E-state index in [4.69, 9.17) is 15.0 Å². The fraction of sp³-hybridized carbons (Fsp3) is 0.385. The van der Waals surface area contributed by atoms with Crippen molar-refractivity contribution in [2.75, 3.05) is 13.2 Å². The van der Waals surface area contributed by atoms with E-state index in [1.807, 2.05) is 24.3 Å². The van der Waals surface area contributed by atoms with Gasteiger partial charge in [0.15, 0.2) is 0 Å². The van der Waals surface area contributed by atoms with Gasteiger partial charge in [0.2, 0.25) is 11.7 Å². The van der Waals surface area contributed by atoms with E-state index in [-0.39, 0.29) is 0 Å². The molecule has 1 aromatic carbocycles. The minimum absolute atomic E-state index is 0.494. The largest absolute Gasteiger partial charge is 0.381 e. The van der Waals surface area contributed by atoms with Crippen molar-refractivity contribution in [1.82, 2.24) is 10.1 Å². The number of nitrogens with zero attached hydrogens (tertiary/aromatic N) is 2. The van der Waals surface area contributed by atoms with E-state index < -0.39 is 5.54 Å². The first-order valence-electron chi connectivity index (χ1n) is 6.14. The van der Waals surface area contributed by atoms with Gasteiger partial charge in [-0.25, -0.2) is 0 Å². The maximum absolute atomic E-state index is 6.31. The molecule has 6 heteroatoms. The summed E-state index contributed by atoms with van der Waals surface area (Å²) in [5, 5.41) is 4.01. The predicted octanol–water partition coefficient (Wildman–Crippen LogP) is 2.46. The molecule has 0 spiro atoms. The van der Waals surface area contributed by atoms with Crippen LogP contribution in [-0.2, 0) is 10.3 Å². The highest BCUT2D eigenvalue weighted by atomic mass is 79.9. The van der Waals surface area contributed by atoms with Crippen LogP contribution in [0.2, 0.25) is 0 Å². The van der Waals surface area contributed by atoms with Crippen LogP contribution in [0.3, 0.4) is 0 Å². The van der Waals surface area contributed by atoms with E-state index >= 15 is 0 Å². The van der Waals surface area contributed by atoms with E-state index in [1.165, 1.54) is 0 Å². The van der Waals surface area contributed by atoms with Gasteiger partial charge in [0.05, 0.1) is 0 Å². The highest BCUT2D eigenvalue weighted by Gasteiger charge is 2.35. The van der Waals surface area contributed by atoms with E-state index in [1.54, 1.807) is 0 Å². The molecule has 100 valence electrons. The summed E-state index contributed by atoms with van der Waals surface area (Å²) in [4.78, 5) is 4.43. The summed E-state index contributed by atoms with van der Waals surface area (Å²) in [5.41, 5.74) is 6.67. The van der Waals surface area contributed by atoms with Crippen LogP contribution in [0.25, 0.3) is 11.4 Å². The lowest BCUT2D eigenvalue weighted by Crippen LogP contribution is -2.42. The predicted molar refractivity (Wildman–Crippen MR) is 73.4 cm³/mol. The van der Waals surface area contributed by atoms with Gasteiger partial charge < -0.3 is 15.0 Å². The average Bonchev–Trinajstić information content (AvgIpc) is 2.91. The second-order valence-electron chi connectivity index (χ2n) is 4.70. The zero-order chi connectivity index (χ0) is 13.3. The van der Waals surface area contributed by atoms with Crippen molar-refractivity contribution in [2.24, 2.45) is 5.73 Å². The van der Waals surface area contributed by atoms with Crippen LogP contribution in [0, 0.1) is 0 Å². The molecule has 1 aromatic heterocycles. The Morgan fingerprint density at radius 2 is 1.84 bits per heavy atom. The Kier molecular flexibility index (Phi) is 3.38. The monoisotopic (exact) mass is 323 g/mol. The van der Waals surface area contributed by atoms with Gasteiger partial charge in [-0.1, -0.05) is 21.1 Å². The second kappa shape index (κ2) is 5.03. The SMILES string of the molecule is NC1(c2nc(-c3ccc(Br)cc3)no2)CCOCC1. The molecule has 2 aromatic rings. The van der Waals surface area contributed by atoms with Crippen LogP contribution in [0.5, 0.6) is 0 Å². The number of rotatable bonds is 2. The average molecular weight is 324 g/mol. The van der Waals surface area contributed by atoms with Gasteiger partial charge in [-0.05, 0) is 37.1 Å². The first-order valence-corrected chi connectivity index (χ1v) is 6.93. The van der Waals surface area contributed by atoms with Crippen LogP contribution in [-0.4, -0.2) is 23.4 Å². The van der Waals surface area contributed by atoms with Crippen molar-refractivity contribution < 1.29 is 9.26 Å². The molecule has 1 saturated heterocycles. The van der Waals surface area contributed by atoms with E-state index in [0.717, 1.165) is 10.0 Å². The number of benzene rings is 1. The maximum Gasteiger partial charge on any atom is 0.247 e. The molecular weight excluding hydrogens is 310 g/mol. The molecule has 1 aliphatic rings. The smallest absolute Gasteiger partial charge is 0.247 e. The molecule has 0 saturated carbocycles. The van der Waals surface area contributed by atoms with Gasteiger partial charge in [0.1, 0.15) is 5.54 Å². The molecule has 5 nitrogen and oxygen atoms in total. The number of hydrogen-bond acceptors (Lipinski definition) is 5. The van der Waals surface area contributed by atoms with Crippen molar-refractivity contribution in [2.45, 2.75) is 18.4 Å². The Morgan fingerprint density at radius 1 is 1.16 bits per heavy atom. The summed E-state index contributed by atoms with van der Waals surface area (Å²) in [6.45, 7) is 1.26. The maximum atomic E-state index is 6.31. The molecule has 3 rings (SSSR count). The summed E-state index contributed by atoms with van der Waals surface area (Å²) in [5.74, 6) is 1.06. The van der Waals surface area contributed by atoms with Crippen molar-refractivity contribution in [1.29, 1.82) is 0 Å². The zero-order valence-corrected chi connectivity index (χ0v) is 11.9. The standard InChI is InChI=1S/C13H14BrN3O2/c14-10-3-1-9(2-4-10)11-16-12(19-17-11)13(15)5-7-18-8-6-13/h1-4H,5-8,15H2. The lowest BCUT2D eigenvalue weighted by molar-refractivity contribution is 0.0400. The second-order valence-corrected chi connectivity index (χ2v) is 5.61. The van der Waals surface area contributed by atoms with Crippen LogP contribution < -0.4 is 5.73 Å². The number of hydrogen-bond donors (Lipinski definition) is 1. The zero-order valence-electron chi connectivity index (χ0n) is 10.3. The Bertz CT molecular complexity index is 562. The van der Waals surface area contributed by atoms with Crippen LogP contribution in [0.15, 0.2) is 33.3 Å². The van der Waals surface area contributed by atoms with Crippen LogP contribution in [0.4, 0.5) is 0 Å². The normalized spacial score (nSPS) is 18.4. The molecule has 0 atom stereocenters. The van der Waals surface area contributed by atoms with Gasteiger partial charge in [-0.3, -0.25) is 0 Å². The molecule has 2 heterocycles. The van der Waals surface area contributed by atoms with Gasteiger partial charge >= 0.3 is 0 Å². The summed E-state index contributed by atoms with van der Waals surface area (Å²) >= 11 is 3.40. The minimum Gasteiger partial charge on any atom is -0.381 e. The van der Waals surface area contributed by atoms with Crippen molar-refractivity contribution in [3.63, 3.8) is 0 Å². The first-order chi connectivity index (χ1) is 9.17. The molecule has 1 aliphatic heterocycles. The van der Waals surface area contributed by atoms with Gasteiger partial charge in [0.25, 0.3) is 0 Å². The summed E-state index contributed by atoms with van der Waals surface area (Å²) in [6.07, 6.45) is 1.41. The lowest BCUT2D eigenvalue weighted by Gasteiger charge is -2.29. The van der Waals surface area contributed by atoms with Crippen molar-refractivity contribution in [3.8, 4) is 11.4 Å². The Balaban J connectivity index is 1.88. The summed E-state index contributed by atoms with van der Waals surface area (Å²) in [6, 6.07) is 7.76. The topological polar surface area (TPSA) is 74.2 Å². The Labute approximate surface area is 119 Å². The summed E-state index contributed by atoms with van der Waals surface area (Å²) < 4.78 is 11.7.